The minimum Gasteiger partial charge on any atom is -0.465 e. The summed E-state index contributed by atoms with van der Waals surface area (Å²) >= 11 is 6.87. The lowest BCUT2D eigenvalue weighted by Crippen LogP contribution is -2.48. The smallest absolute Gasteiger partial charge is 0.404 e. The third-order valence-electron chi connectivity index (χ3n) is 9.52. The van der Waals surface area contributed by atoms with Crippen molar-refractivity contribution in [2.24, 2.45) is 5.92 Å². The molecule has 2 atom stereocenters. The molecule has 2 heterocycles. The third kappa shape index (κ3) is 8.28. The van der Waals surface area contributed by atoms with Crippen molar-refractivity contribution < 1.29 is 24.5 Å². The molecular weight excluding hydrogens is 602 g/mol. The van der Waals surface area contributed by atoms with Crippen LogP contribution in [0.5, 0.6) is 0 Å². The normalized spacial score (nSPS) is 18.6. The van der Waals surface area contributed by atoms with Crippen LogP contribution < -0.4 is 10.6 Å². The third-order valence-corrected chi connectivity index (χ3v) is 9.83. The molecule has 0 aliphatic carbocycles. The molecule has 5 rings (SSSR count). The Morgan fingerprint density at radius 3 is 2.52 bits per heavy atom. The number of hydrogen-bond donors (Lipinski definition) is 4. The van der Waals surface area contributed by atoms with Crippen LogP contribution in [0, 0.1) is 5.92 Å². The lowest BCUT2D eigenvalue weighted by Gasteiger charge is -2.44. The lowest BCUT2D eigenvalue weighted by molar-refractivity contribution is -0.0563. The first-order valence-electron chi connectivity index (χ1n) is 16.5. The average molecular weight is 648 g/mol. The quantitative estimate of drug-likeness (QED) is 0.164. The summed E-state index contributed by atoms with van der Waals surface area (Å²) in [5, 5.41) is 28.5. The maximum absolute atomic E-state index is 13.8. The largest absolute Gasteiger partial charge is 0.465 e. The highest BCUT2D eigenvalue weighted by molar-refractivity contribution is 6.33. The molecule has 0 unspecified atom stereocenters. The van der Waals surface area contributed by atoms with Crippen molar-refractivity contribution in [2.75, 3.05) is 32.8 Å². The van der Waals surface area contributed by atoms with E-state index in [0.717, 1.165) is 74.1 Å². The van der Waals surface area contributed by atoms with Gasteiger partial charge in [-0.1, -0.05) is 67.1 Å². The summed E-state index contributed by atoms with van der Waals surface area (Å²) < 4.78 is 5.45. The Balaban J connectivity index is 1.38. The second-order valence-corrected chi connectivity index (χ2v) is 12.9. The van der Waals surface area contributed by atoms with Gasteiger partial charge in [-0.2, -0.15) is 0 Å². The van der Waals surface area contributed by atoms with Crippen molar-refractivity contribution in [3.8, 4) is 11.1 Å². The minimum atomic E-state index is -1.35. The monoisotopic (exact) mass is 647 g/mol. The molecule has 4 N–H and O–H groups in total. The minimum absolute atomic E-state index is 0.0505. The summed E-state index contributed by atoms with van der Waals surface area (Å²) in [5.41, 5.74) is 4.00. The molecule has 8 nitrogen and oxygen atoms in total. The van der Waals surface area contributed by atoms with E-state index in [1.165, 1.54) is 0 Å². The Hall–Kier alpha value is -3.43. The maximum atomic E-state index is 13.8. The van der Waals surface area contributed by atoms with Crippen molar-refractivity contribution in [1.82, 2.24) is 15.5 Å². The molecule has 2 amide bonds. The van der Waals surface area contributed by atoms with E-state index >= 15 is 0 Å². The van der Waals surface area contributed by atoms with Gasteiger partial charge in [0.15, 0.2) is 0 Å². The molecule has 0 aromatic heterocycles. The molecule has 0 radical (unpaired) electrons. The van der Waals surface area contributed by atoms with Gasteiger partial charge in [0.25, 0.3) is 5.91 Å². The van der Waals surface area contributed by atoms with Crippen LogP contribution in [0.4, 0.5) is 4.79 Å². The van der Waals surface area contributed by atoms with E-state index in [4.69, 9.17) is 21.4 Å². The Kier molecular flexibility index (Phi) is 11.7. The van der Waals surface area contributed by atoms with Gasteiger partial charge in [-0.25, -0.2) is 4.79 Å². The maximum Gasteiger partial charge on any atom is 0.404 e. The number of hydrogen-bond acceptors (Lipinski definition) is 5. The molecule has 2 aliphatic rings. The first-order valence-corrected chi connectivity index (χ1v) is 16.9. The molecule has 2 fully saturated rings. The Morgan fingerprint density at radius 1 is 1.02 bits per heavy atom. The van der Waals surface area contributed by atoms with E-state index in [2.05, 4.69) is 29.7 Å². The van der Waals surface area contributed by atoms with Gasteiger partial charge in [0.1, 0.15) is 0 Å². The zero-order chi connectivity index (χ0) is 32.5. The van der Waals surface area contributed by atoms with Crippen LogP contribution in [-0.2, 0) is 23.3 Å². The first-order chi connectivity index (χ1) is 22.3. The fourth-order valence-electron chi connectivity index (χ4n) is 6.90. The fraction of sp³-hybridized carbons (Fsp3) is 0.459. The van der Waals surface area contributed by atoms with Crippen LogP contribution in [0.25, 0.3) is 11.1 Å². The zero-order valence-electron chi connectivity index (χ0n) is 26.6. The second-order valence-electron chi connectivity index (χ2n) is 12.5. The second kappa shape index (κ2) is 15.9. The molecule has 9 heteroatoms. The number of carbonyl (C=O) groups excluding carboxylic acids is 1. The number of nitrogens with one attached hydrogen (secondary N) is 2. The van der Waals surface area contributed by atoms with Crippen LogP contribution >= 0.6 is 11.6 Å². The molecule has 46 heavy (non-hydrogen) atoms. The van der Waals surface area contributed by atoms with Gasteiger partial charge in [0.05, 0.1) is 5.60 Å². The van der Waals surface area contributed by atoms with E-state index in [1.54, 1.807) is 0 Å². The Labute approximate surface area is 277 Å². The number of halogens is 1. The molecule has 2 saturated heterocycles. The van der Waals surface area contributed by atoms with Crippen molar-refractivity contribution in [2.45, 2.75) is 70.1 Å². The van der Waals surface area contributed by atoms with E-state index in [0.29, 0.717) is 48.1 Å². The van der Waals surface area contributed by atoms with Gasteiger partial charge in [-0.3, -0.25) is 4.79 Å². The number of benzene rings is 3. The molecule has 0 bridgehead atoms. The number of rotatable bonds is 12. The van der Waals surface area contributed by atoms with Crippen LogP contribution in [0.3, 0.4) is 0 Å². The number of aryl methyl sites for hydroxylation is 1. The van der Waals surface area contributed by atoms with Crippen LogP contribution in [0.15, 0.2) is 66.7 Å². The molecule has 246 valence electrons. The number of likely N-dealkylation sites (tertiary alicyclic amines) is 1. The predicted octanol–water partition coefficient (Wildman–Crippen LogP) is 6.63. The molecule has 3 aromatic rings. The molecule has 0 saturated carbocycles. The molecule has 3 aromatic carbocycles. The standard InChI is InChI=1S/C37H46ClN3O5/c1-2-26-7-3-8-29(23-26)34-32(10-4-11-33(34)38)37(45,18-6-19-39-36(43)44)30-9-5-20-41(25-30)35(42)28-14-12-27(13-15-28)24-40-31-16-21-46-22-17-31/h3-4,7-8,10-15,23,30-31,39-40,45H,2,5-6,9,16-22,24-25H2,1H3,(H,43,44)/t30-,37+/m1/s1. The van der Waals surface area contributed by atoms with Crippen molar-refractivity contribution in [3.05, 3.63) is 94.0 Å². The highest BCUT2D eigenvalue weighted by atomic mass is 35.5. The van der Waals surface area contributed by atoms with Gasteiger partial charge in [-0.15, -0.1) is 0 Å². The average Bonchev–Trinajstić information content (AvgIpc) is 3.09. The highest BCUT2D eigenvalue weighted by Crippen LogP contribution is 2.45. The summed E-state index contributed by atoms with van der Waals surface area (Å²) in [4.78, 5) is 26.8. The fourth-order valence-corrected chi connectivity index (χ4v) is 7.18. The van der Waals surface area contributed by atoms with E-state index < -0.39 is 11.7 Å². The summed E-state index contributed by atoms with van der Waals surface area (Å²) in [6, 6.07) is 22.1. The summed E-state index contributed by atoms with van der Waals surface area (Å²) in [7, 11) is 0. The van der Waals surface area contributed by atoms with Crippen LogP contribution in [0.1, 0.15) is 72.5 Å². The SMILES string of the molecule is CCc1cccc(-c2c(Cl)cccc2[C@](O)(CCCNC(=O)O)[C@@H]2CCCN(C(=O)c3ccc(CNC4CCOCC4)cc3)C2)c1. The number of carbonyl (C=O) groups is 2. The molecule has 2 aliphatic heterocycles. The zero-order valence-corrected chi connectivity index (χ0v) is 27.4. The highest BCUT2D eigenvalue weighted by Gasteiger charge is 2.43. The van der Waals surface area contributed by atoms with Gasteiger partial charge in [0, 0.05) is 67.5 Å². The number of carboxylic acid groups (broad SMARTS) is 1. The summed E-state index contributed by atoms with van der Waals surface area (Å²) in [6.45, 7) is 5.64. The Morgan fingerprint density at radius 2 is 1.78 bits per heavy atom. The number of amides is 2. The van der Waals surface area contributed by atoms with Crippen molar-refractivity contribution in [3.63, 3.8) is 0 Å². The van der Waals surface area contributed by atoms with E-state index in [9.17, 15) is 14.7 Å². The number of nitrogens with zero attached hydrogens (tertiary/aromatic N) is 1. The number of aliphatic hydroxyl groups is 1. The predicted molar refractivity (Wildman–Crippen MR) is 181 cm³/mol. The lowest BCUT2D eigenvalue weighted by atomic mass is 9.72. The summed E-state index contributed by atoms with van der Waals surface area (Å²) in [5.74, 6) is -0.324. The molecular formula is C37H46ClN3O5. The van der Waals surface area contributed by atoms with Crippen molar-refractivity contribution in [1.29, 1.82) is 0 Å². The summed E-state index contributed by atoms with van der Waals surface area (Å²) in [6.07, 6.45) is 4.01. The molecule has 0 spiro atoms. The number of piperidine rings is 1. The van der Waals surface area contributed by atoms with Gasteiger partial charge in [-0.05, 0) is 85.4 Å². The van der Waals surface area contributed by atoms with Gasteiger partial charge >= 0.3 is 6.09 Å². The first kappa shape index (κ1) is 33.9. The van der Waals surface area contributed by atoms with E-state index in [1.807, 2.05) is 59.5 Å². The topological polar surface area (TPSA) is 111 Å². The van der Waals surface area contributed by atoms with Crippen LogP contribution in [-0.4, -0.2) is 66.0 Å². The van der Waals surface area contributed by atoms with Crippen LogP contribution in [0.2, 0.25) is 5.02 Å². The van der Waals surface area contributed by atoms with Crippen molar-refractivity contribution >= 4 is 23.6 Å². The van der Waals surface area contributed by atoms with Gasteiger partial charge < -0.3 is 30.5 Å². The van der Waals surface area contributed by atoms with E-state index in [-0.39, 0.29) is 18.4 Å². The van der Waals surface area contributed by atoms with Gasteiger partial charge in [0.2, 0.25) is 0 Å². The Bertz CT molecular complexity index is 1480. The number of ether oxygens (including phenoxy) is 1.